The van der Waals surface area contributed by atoms with Crippen molar-refractivity contribution in [2.24, 2.45) is 5.92 Å². The second-order valence-electron chi connectivity index (χ2n) is 11.1. The lowest BCUT2D eigenvalue weighted by Crippen LogP contribution is -2.39. The third kappa shape index (κ3) is 6.25. The molecule has 1 aliphatic heterocycles. The summed E-state index contributed by atoms with van der Waals surface area (Å²) in [6.45, 7) is 1.85. The summed E-state index contributed by atoms with van der Waals surface area (Å²) < 4.78 is 49.0. The first-order valence-electron chi connectivity index (χ1n) is 14.2. The average Bonchev–Trinajstić information content (AvgIpc) is 3.60. The topological polar surface area (TPSA) is 103 Å². The van der Waals surface area contributed by atoms with Crippen LogP contribution in [-0.2, 0) is 17.5 Å². The first-order chi connectivity index (χ1) is 20.7. The highest BCUT2D eigenvalue weighted by molar-refractivity contribution is 6.30. The fraction of sp³-hybridized carbons (Fsp3) is 0.400. The maximum Gasteiger partial charge on any atom is 0.434 e. The number of fused-ring (bicyclic) bond motifs is 1. The number of hydrogen-bond acceptors (Lipinski definition) is 6. The van der Waals surface area contributed by atoms with Crippen LogP contribution in [0.25, 0.3) is 16.7 Å². The smallest absolute Gasteiger partial charge is 0.379 e. The zero-order valence-electron chi connectivity index (χ0n) is 23.1. The number of rotatable bonds is 7. The van der Waals surface area contributed by atoms with E-state index in [1.54, 1.807) is 15.3 Å². The Bertz CT molecular complexity index is 1670. The molecule has 3 aromatic heterocycles. The summed E-state index contributed by atoms with van der Waals surface area (Å²) in [7, 11) is 0. The molecule has 1 saturated heterocycles. The number of alkyl halides is 3. The zero-order valence-corrected chi connectivity index (χ0v) is 23.9. The number of para-hydroxylation sites is 2. The summed E-state index contributed by atoms with van der Waals surface area (Å²) in [5.41, 5.74) is 0.220. The van der Waals surface area contributed by atoms with Gasteiger partial charge >= 0.3 is 11.9 Å². The highest BCUT2D eigenvalue weighted by Gasteiger charge is 2.38. The lowest BCUT2D eigenvalue weighted by atomic mass is 9.85. The molecule has 1 aromatic carbocycles. The van der Waals surface area contributed by atoms with E-state index in [-0.39, 0.29) is 28.7 Å². The summed E-state index contributed by atoms with van der Waals surface area (Å²) in [5, 5.41) is 6.03. The number of ether oxygens (including phenoxy) is 1. The van der Waals surface area contributed by atoms with E-state index >= 15 is 0 Å². The minimum Gasteiger partial charge on any atom is -0.379 e. The van der Waals surface area contributed by atoms with E-state index in [0.29, 0.717) is 44.5 Å². The number of carbonyl (C=O) groups is 1. The molecule has 1 atom stereocenters. The van der Waals surface area contributed by atoms with Gasteiger partial charge in [0.25, 0.3) is 5.91 Å². The minimum absolute atomic E-state index is 0.0472. The highest BCUT2D eigenvalue weighted by Crippen LogP contribution is 2.32. The van der Waals surface area contributed by atoms with Gasteiger partial charge in [-0.15, -0.1) is 0 Å². The first kappa shape index (κ1) is 29.2. The highest BCUT2D eigenvalue weighted by atomic mass is 35.5. The van der Waals surface area contributed by atoms with Crippen molar-refractivity contribution in [1.29, 1.82) is 0 Å². The van der Waals surface area contributed by atoms with Crippen molar-refractivity contribution in [3.8, 4) is 5.69 Å². The van der Waals surface area contributed by atoms with Gasteiger partial charge < -0.3 is 15.4 Å². The van der Waals surface area contributed by atoms with Crippen molar-refractivity contribution in [3.63, 3.8) is 0 Å². The van der Waals surface area contributed by atoms with E-state index in [1.165, 1.54) is 0 Å². The number of pyridine rings is 2. The van der Waals surface area contributed by atoms with Crippen LogP contribution in [0.5, 0.6) is 0 Å². The van der Waals surface area contributed by atoms with Gasteiger partial charge in [-0.25, -0.2) is 14.8 Å². The van der Waals surface area contributed by atoms with Crippen molar-refractivity contribution in [2.45, 2.75) is 56.9 Å². The van der Waals surface area contributed by atoms with Gasteiger partial charge in [0, 0.05) is 25.4 Å². The fourth-order valence-electron chi connectivity index (χ4n) is 5.94. The van der Waals surface area contributed by atoms with E-state index in [1.807, 2.05) is 36.4 Å². The van der Waals surface area contributed by atoms with Gasteiger partial charge in [0.15, 0.2) is 5.69 Å². The van der Waals surface area contributed by atoms with Crippen LogP contribution in [0.15, 0.2) is 59.7 Å². The number of hydrogen-bond donors (Lipinski definition) is 2. The lowest BCUT2D eigenvalue weighted by molar-refractivity contribution is -0.141. The van der Waals surface area contributed by atoms with Crippen LogP contribution in [0.3, 0.4) is 0 Å². The predicted molar refractivity (Wildman–Crippen MR) is 156 cm³/mol. The molecule has 9 nitrogen and oxygen atoms in total. The number of anilines is 1. The SMILES string of the molecule is O=C(NC1CCC(Cn2c(=O)n(-c3ccc(NC4CCOC4)nc3)c3ccccc32)CC1)c1cc(Cl)cnc1C(F)(F)F. The molecule has 13 heteroatoms. The standard InChI is InChI=1S/C30H30ClF3N6O3/c31-19-13-23(27(36-14-19)30(32,33)34)28(41)38-20-7-5-18(6-8-20)16-39-24-3-1-2-4-25(24)40(29(39)42)22-9-10-26(35-15-22)37-21-11-12-43-17-21/h1-4,9-10,13-15,18,20-21H,5-8,11-12,16-17H2,(H,35,37)(H,38,41). The molecule has 4 heterocycles. The Hall–Kier alpha value is -3.90. The second-order valence-corrected chi connectivity index (χ2v) is 11.5. The van der Waals surface area contributed by atoms with Crippen LogP contribution in [0, 0.1) is 5.92 Å². The predicted octanol–water partition coefficient (Wildman–Crippen LogP) is 5.44. The normalized spacial score (nSPS) is 20.8. The van der Waals surface area contributed by atoms with Gasteiger partial charge in [0.2, 0.25) is 0 Å². The van der Waals surface area contributed by atoms with Gasteiger partial charge in [0.1, 0.15) is 5.82 Å². The Morgan fingerprint density at radius 2 is 1.77 bits per heavy atom. The molecule has 226 valence electrons. The van der Waals surface area contributed by atoms with E-state index < -0.39 is 23.3 Å². The van der Waals surface area contributed by atoms with Crippen molar-refractivity contribution < 1.29 is 22.7 Å². The van der Waals surface area contributed by atoms with Gasteiger partial charge in [-0.05, 0) is 68.4 Å². The third-order valence-electron chi connectivity index (χ3n) is 8.11. The Morgan fingerprint density at radius 3 is 2.44 bits per heavy atom. The summed E-state index contributed by atoms with van der Waals surface area (Å²) in [4.78, 5) is 34.4. The first-order valence-corrected chi connectivity index (χ1v) is 14.6. The van der Waals surface area contributed by atoms with Gasteiger partial charge in [-0.3, -0.25) is 13.9 Å². The largest absolute Gasteiger partial charge is 0.434 e. The van der Waals surface area contributed by atoms with Gasteiger partial charge in [0.05, 0.1) is 46.2 Å². The summed E-state index contributed by atoms with van der Waals surface area (Å²) in [6.07, 6.45) is 1.25. The number of amides is 1. The zero-order chi connectivity index (χ0) is 30.1. The minimum atomic E-state index is -4.78. The van der Waals surface area contributed by atoms with E-state index in [0.717, 1.165) is 42.1 Å². The summed E-state index contributed by atoms with van der Waals surface area (Å²) in [5.74, 6) is 0.0274. The molecule has 1 aliphatic carbocycles. The summed E-state index contributed by atoms with van der Waals surface area (Å²) in [6, 6.07) is 12.2. The maximum atomic E-state index is 13.7. The lowest BCUT2D eigenvalue weighted by Gasteiger charge is -2.29. The van der Waals surface area contributed by atoms with Crippen molar-refractivity contribution in [1.82, 2.24) is 24.4 Å². The number of halogens is 4. The Labute approximate surface area is 250 Å². The third-order valence-corrected chi connectivity index (χ3v) is 8.32. The van der Waals surface area contributed by atoms with Crippen LogP contribution in [0.1, 0.15) is 48.2 Å². The Kier molecular flexibility index (Phi) is 8.15. The summed E-state index contributed by atoms with van der Waals surface area (Å²) >= 11 is 5.83. The maximum absolute atomic E-state index is 13.7. The number of benzene rings is 1. The van der Waals surface area contributed by atoms with Crippen LogP contribution in [0.2, 0.25) is 5.02 Å². The number of aromatic nitrogens is 4. The molecule has 1 saturated carbocycles. The Morgan fingerprint density at radius 1 is 1.00 bits per heavy atom. The number of nitrogens with one attached hydrogen (secondary N) is 2. The van der Waals surface area contributed by atoms with E-state index in [9.17, 15) is 22.8 Å². The average molecular weight is 615 g/mol. The van der Waals surface area contributed by atoms with Crippen molar-refractivity contribution >= 4 is 34.4 Å². The second kappa shape index (κ2) is 12.0. The van der Waals surface area contributed by atoms with Crippen LogP contribution in [0.4, 0.5) is 19.0 Å². The molecular weight excluding hydrogens is 585 g/mol. The molecule has 0 bridgehead atoms. The quantitative estimate of drug-likeness (QED) is 0.287. The molecule has 0 radical (unpaired) electrons. The van der Waals surface area contributed by atoms with Crippen molar-refractivity contribution in [2.75, 3.05) is 18.5 Å². The molecule has 1 unspecified atom stereocenters. The molecule has 2 fully saturated rings. The van der Waals surface area contributed by atoms with E-state index in [4.69, 9.17) is 16.3 Å². The van der Waals surface area contributed by atoms with Crippen molar-refractivity contribution in [3.05, 3.63) is 81.6 Å². The number of carbonyl (C=O) groups excluding carboxylic acids is 1. The monoisotopic (exact) mass is 614 g/mol. The number of nitrogens with zero attached hydrogens (tertiary/aromatic N) is 4. The molecule has 6 rings (SSSR count). The number of imidazole rings is 1. The van der Waals surface area contributed by atoms with E-state index in [2.05, 4.69) is 20.6 Å². The Balaban J connectivity index is 1.14. The molecule has 2 N–H and O–H groups in total. The van der Waals surface area contributed by atoms with Crippen LogP contribution >= 0.6 is 11.6 Å². The molecule has 2 aliphatic rings. The van der Waals surface area contributed by atoms with Crippen LogP contribution in [-0.4, -0.2) is 50.3 Å². The molecule has 43 heavy (non-hydrogen) atoms. The van der Waals surface area contributed by atoms with Gasteiger partial charge in [-0.2, -0.15) is 13.2 Å². The van der Waals surface area contributed by atoms with Gasteiger partial charge in [-0.1, -0.05) is 23.7 Å². The molecule has 1 amide bonds. The molecule has 4 aromatic rings. The fourth-order valence-corrected chi connectivity index (χ4v) is 6.10. The molecule has 0 spiro atoms. The molecular formula is C30H30ClF3N6O3. The van der Waals surface area contributed by atoms with Crippen LogP contribution < -0.4 is 16.3 Å².